The molecular formula is C17H16F3N3O3S. The van der Waals surface area contributed by atoms with E-state index in [1.165, 1.54) is 24.3 Å². The van der Waals surface area contributed by atoms with E-state index >= 15 is 0 Å². The molecule has 0 aliphatic carbocycles. The molecule has 27 heavy (non-hydrogen) atoms. The maximum Gasteiger partial charge on any atom is 0.398 e. The summed E-state index contributed by atoms with van der Waals surface area (Å²) in [5, 5.41) is 16.2. The topological polar surface area (TPSA) is 84.3 Å². The number of alkyl halides is 3. The zero-order valence-corrected chi connectivity index (χ0v) is 15.0. The smallest absolute Gasteiger partial charge is 0.375 e. The number of benzene rings is 2. The monoisotopic (exact) mass is 399 g/mol. The number of aryl methyl sites for hydroxylation is 1. The Kier molecular flexibility index (Phi) is 6.67. The summed E-state index contributed by atoms with van der Waals surface area (Å²) in [6, 6.07) is 10.5. The van der Waals surface area contributed by atoms with Crippen LogP contribution in [0.1, 0.15) is 5.56 Å². The predicted molar refractivity (Wildman–Crippen MR) is 98.2 cm³/mol. The van der Waals surface area contributed by atoms with Crippen LogP contribution in [0, 0.1) is 17.0 Å². The van der Waals surface area contributed by atoms with Crippen LogP contribution in [0.4, 0.5) is 30.2 Å². The molecule has 144 valence electrons. The first-order valence-corrected chi connectivity index (χ1v) is 8.71. The van der Waals surface area contributed by atoms with Gasteiger partial charge in [-0.2, -0.15) is 13.2 Å². The third-order valence-corrected chi connectivity index (χ3v) is 4.56. The number of para-hydroxylation sites is 1. The fourth-order valence-corrected chi connectivity index (χ4v) is 2.92. The summed E-state index contributed by atoms with van der Waals surface area (Å²) in [5.41, 5.74) is 1.20. The first-order chi connectivity index (χ1) is 12.7. The van der Waals surface area contributed by atoms with Gasteiger partial charge in [-0.3, -0.25) is 14.9 Å². The lowest BCUT2D eigenvalue weighted by Crippen LogP contribution is -2.22. The van der Waals surface area contributed by atoms with Crippen LogP contribution < -0.4 is 10.6 Å². The number of hydrogen-bond donors (Lipinski definition) is 2. The molecule has 0 aliphatic rings. The van der Waals surface area contributed by atoms with E-state index in [9.17, 15) is 28.1 Å². The van der Waals surface area contributed by atoms with Gasteiger partial charge in [-0.15, -0.1) is 11.8 Å². The first kappa shape index (κ1) is 20.6. The summed E-state index contributed by atoms with van der Waals surface area (Å²) in [7, 11) is 0. The zero-order chi connectivity index (χ0) is 20.0. The van der Waals surface area contributed by atoms with Gasteiger partial charge in [0.1, 0.15) is 0 Å². The van der Waals surface area contributed by atoms with Crippen molar-refractivity contribution in [2.45, 2.75) is 18.0 Å². The van der Waals surface area contributed by atoms with Crippen LogP contribution in [0.25, 0.3) is 0 Å². The van der Waals surface area contributed by atoms with Gasteiger partial charge in [-0.1, -0.05) is 18.2 Å². The number of amides is 1. The van der Waals surface area contributed by atoms with Gasteiger partial charge in [0.25, 0.3) is 5.69 Å². The molecule has 0 radical (unpaired) electrons. The average Bonchev–Trinajstić information content (AvgIpc) is 2.60. The van der Waals surface area contributed by atoms with Crippen molar-refractivity contribution >= 4 is 34.7 Å². The van der Waals surface area contributed by atoms with Crippen LogP contribution >= 0.6 is 11.8 Å². The fraction of sp³-hybridized carbons (Fsp3) is 0.235. The number of nitrogens with one attached hydrogen (secondary N) is 2. The van der Waals surface area contributed by atoms with Crippen LogP contribution in [0.5, 0.6) is 0 Å². The SMILES string of the molecule is Cc1ccc([N+](=O)[O-])cc1NC(=O)CNc1ccccc1SCC(F)(F)F. The van der Waals surface area contributed by atoms with E-state index in [0.29, 0.717) is 33.6 Å². The number of thioether (sulfide) groups is 1. The van der Waals surface area contributed by atoms with Crippen molar-refractivity contribution in [2.75, 3.05) is 22.9 Å². The Morgan fingerprint density at radius 2 is 1.89 bits per heavy atom. The molecule has 1 amide bonds. The van der Waals surface area contributed by atoms with Crippen molar-refractivity contribution in [1.82, 2.24) is 0 Å². The van der Waals surface area contributed by atoms with Crippen LogP contribution in [0.2, 0.25) is 0 Å². The molecule has 0 aliphatic heterocycles. The predicted octanol–water partition coefficient (Wildman–Crippen LogP) is 4.61. The van der Waals surface area contributed by atoms with Gasteiger partial charge < -0.3 is 10.6 Å². The van der Waals surface area contributed by atoms with Crippen molar-refractivity contribution < 1.29 is 22.9 Å². The van der Waals surface area contributed by atoms with Crippen LogP contribution in [-0.2, 0) is 4.79 Å². The van der Waals surface area contributed by atoms with E-state index < -0.39 is 22.8 Å². The number of nitro groups is 1. The Bertz CT molecular complexity index is 844. The van der Waals surface area contributed by atoms with E-state index in [4.69, 9.17) is 0 Å². The summed E-state index contributed by atoms with van der Waals surface area (Å²) < 4.78 is 37.2. The van der Waals surface area contributed by atoms with Crippen molar-refractivity contribution in [1.29, 1.82) is 0 Å². The minimum absolute atomic E-state index is 0.155. The highest BCUT2D eigenvalue weighted by molar-refractivity contribution is 7.99. The number of hydrogen-bond acceptors (Lipinski definition) is 5. The number of anilines is 2. The second-order valence-corrected chi connectivity index (χ2v) is 6.58. The number of nitrogens with zero attached hydrogens (tertiary/aromatic N) is 1. The lowest BCUT2D eigenvalue weighted by atomic mass is 10.2. The maximum atomic E-state index is 12.4. The number of rotatable bonds is 7. The number of nitro benzene ring substituents is 1. The fourth-order valence-electron chi connectivity index (χ4n) is 2.13. The van der Waals surface area contributed by atoms with Gasteiger partial charge in [0.05, 0.1) is 22.9 Å². The van der Waals surface area contributed by atoms with Crippen LogP contribution in [0.3, 0.4) is 0 Å². The second kappa shape index (κ2) is 8.76. The zero-order valence-electron chi connectivity index (χ0n) is 14.2. The normalized spacial score (nSPS) is 11.1. The summed E-state index contributed by atoms with van der Waals surface area (Å²) >= 11 is 0.623. The second-order valence-electron chi connectivity index (χ2n) is 5.56. The van der Waals surface area contributed by atoms with E-state index in [-0.39, 0.29) is 12.2 Å². The Morgan fingerprint density at radius 1 is 1.19 bits per heavy atom. The van der Waals surface area contributed by atoms with Crippen molar-refractivity contribution in [3.63, 3.8) is 0 Å². The molecule has 0 saturated carbocycles. The molecule has 2 aromatic rings. The lowest BCUT2D eigenvalue weighted by Gasteiger charge is -2.13. The number of non-ortho nitro benzene ring substituents is 1. The molecule has 0 heterocycles. The van der Waals surface area contributed by atoms with E-state index in [1.54, 1.807) is 25.1 Å². The van der Waals surface area contributed by atoms with E-state index in [0.717, 1.165) is 0 Å². The van der Waals surface area contributed by atoms with Gasteiger partial charge >= 0.3 is 6.18 Å². The average molecular weight is 399 g/mol. The summed E-state index contributed by atoms with van der Waals surface area (Å²) in [6.45, 7) is 1.49. The van der Waals surface area contributed by atoms with Crippen LogP contribution in [0.15, 0.2) is 47.4 Å². The summed E-state index contributed by atoms with van der Waals surface area (Å²) in [4.78, 5) is 22.7. The number of halogens is 3. The van der Waals surface area contributed by atoms with Gasteiger partial charge in [0, 0.05) is 22.7 Å². The molecule has 0 unspecified atom stereocenters. The highest BCUT2D eigenvalue weighted by Gasteiger charge is 2.27. The van der Waals surface area contributed by atoms with Gasteiger partial charge in [0.2, 0.25) is 5.91 Å². The van der Waals surface area contributed by atoms with Gasteiger partial charge in [-0.05, 0) is 24.6 Å². The molecule has 0 atom stereocenters. The Morgan fingerprint density at radius 3 is 2.56 bits per heavy atom. The van der Waals surface area contributed by atoms with E-state index in [1.807, 2.05) is 0 Å². The van der Waals surface area contributed by atoms with Gasteiger partial charge in [0.15, 0.2) is 0 Å². The molecular weight excluding hydrogens is 383 g/mol. The highest BCUT2D eigenvalue weighted by Crippen LogP contribution is 2.32. The molecule has 0 spiro atoms. The molecule has 6 nitrogen and oxygen atoms in total. The number of carbonyl (C=O) groups excluding carboxylic acids is 1. The molecule has 2 aromatic carbocycles. The van der Waals surface area contributed by atoms with Crippen LogP contribution in [-0.4, -0.2) is 29.3 Å². The largest absolute Gasteiger partial charge is 0.398 e. The Labute approximate surface area is 157 Å². The summed E-state index contributed by atoms with van der Waals surface area (Å²) in [6.07, 6.45) is -4.30. The molecule has 0 bridgehead atoms. The van der Waals surface area contributed by atoms with Crippen molar-refractivity contribution in [2.24, 2.45) is 0 Å². The van der Waals surface area contributed by atoms with Crippen molar-refractivity contribution in [3.8, 4) is 0 Å². The highest BCUT2D eigenvalue weighted by atomic mass is 32.2. The molecule has 0 fully saturated rings. The summed E-state index contributed by atoms with van der Waals surface area (Å²) in [5.74, 6) is -1.51. The Balaban J connectivity index is 2.00. The molecule has 0 aromatic heterocycles. The van der Waals surface area contributed by atoms with E-state index in [2.05, 4.69) is 10.6 Å². The minimum atomic E-state index is -4.30. The Hall–Kier alpha value is -2.75. The van der Waals surface area contributed by atoms with Crippen molar-refractivity contribution in [3.05, 3.63) is 58.1 Å². The molecule has 0 saturated heterocycles. The minimum Gasteiger partial charge on any atom is -0.375 e. The maximum absolute atomic E-state index is 12.4. The third-order valence-electron chi connectivity index (χ3n) is 3.42. The lowest BCUT2D eigenvalue weighted by molar-refractivity contribution is -0.384. The molecule has 10 heteroatoms. The third kappa shape index (κ3) is 6.48. The molecule has 2 rings (SSSR count). The van der Waals surface area contributed by atoms with Gasteiger partial charge in [-0.25, -0.2) is 0 Å². The molecule has 2 N–H and O–H groups in total. The first-order valence-electron chi connectivity index (χ1n) is 7.73. The number of carbonyl (C=O) groups is 1. The quantitative estimate of drug-likeness (QED) is 0.404. The standard InChI is InChI=1S/C17H16F3N3O3S/c1-11-6-7-12(23(25)26)8-14(11)22-16(24)9-21-13-4-2-3-5-15(13)27-10-17(18,19)20/h2-8,21H,9-10H2,1H3,(H,22,24).